The van der Waals surface area contributed by atoms with Crippen LogP contribution >= 0.6 is 23.2 Å². The summed E-state index contributed by atoms with van der Waals surface area (Å²) in [6, 6.07) is 19.2. The van der Waals surface area contributed by atoms with Gasteiger partial charge in [0, 0.05) is 6.54 Å². The topological polar surface area (TPSA) is 82.9 Å². The van der Waals surface area contributed by atoms with Crippen LogP contribution in [0.15, 0.2) is 71.5 Å². The number of ether oxygens (including phenoxy) is 3. The van der Waals surface area contributed by atoms with Crippen LogP contribution in [0.5, 0.6) is 17.2 Å². The molecule has 0 spiro atoms. The van der Waals surface area contributed by atoms with E-state index in [-0.39, 0.29) is 12.1 Å². The molecule has 4 aromatic rings. The number of carbonyl (C=O) groups excluding carboxylic acids is 1. The molecule has 1 heterocycles. The summed E-state index contributed by atoms with van der Waals surface area (Å²) in [6.07, 6.45) is 0.470. The fraction of sp³-hybridized carbons (Fsp3) is 0.300. The molecule has 8 nitrogen and oxygen atoms in total. The van der Waals surface area contributed by atoms with E-state index in [0.29, 0.717) is 52.7 Å². The maximum absolute atomic E-state index is 13.8. The van der Waals surface area contributed by atoms with Gasteiger partial charge in [-0.2, -0.15) is 0 Å². The van der Waals surface area contributed by atoms with Crippen molar-refractivity contribution >= 4 is 40.0 Å². The molecule has 0 fully saturated rings. The molecule has 0 saturated carbocycles. The van der Waals surface area contributed by atoms with Crippen LogP contribution in [0.25, 0.3) is 16.6 Å². The highest BCUT2D eigenvalue weighted by molar-refractivity contribution is 6.53. The first kappa shape index (κ1) is 29.2. The van der Waals surface area contributed by atoms with Crippen molar-refractivity contribution in [3.8, 4) is 22.9 Å². The van der Waals surface area contributed by atoms with Crippen molar-refractivity contribution in [3.05, 3.63) is 88.5 Å². The molecule has 0 bridgehead atoms. The molecule has 10 heteroatoms. The largest absolute Gasteiger partial charge is 0.494 e. The van der Waals surface area contributed by atoms with Crippen LogP contribution in [-0.2, 0) is 11.2 Å². The number of amides is 1. The summed E-state index contributed by atoms with van der Waals surface area (Å²) >= 11 is 12.2. The minimum Gasteiger partial charge on any atom is -0.494 e. The summed E-state index contributed by atoms with van der Waals surface area (Å²) in [6.45, 7) is 4.50. The first-order valence-corrected chi connectivity index (χ1v) is 13.7. The van der Waals surface area contributed by atoms with Gasteiger partial charge in [-0.15, -0.1) is 0 Å². The van der Waals surface area contributed by atoms with E-state index >= 15 is 0 Å². The number of hydrogen-bond donors (Lipinski definition) is 0. The molecule has 40 heavy (non-hydrogen) atoms. The van der Waals surface area contributed by atoms with E-state index in [0.717, 1.165) is 5.56 Å². The Morgan fingerprint density at radius 2 is 1.70 bits per heavy atom. The van der Waals surface area contributed by atoms with Gasteiger partial charge >= 0.3 is 0 Å². The summed E-state index contributed by atoms with van der Waals surface area (Å²) in [5.41, 5.74) is 1.78. The molecule has 0 aliphatic heterocycles. The number of alkyl halides is 2. The molecule has 0 N–H and O–H groups in total. The first-order chi connectivity index (χ1) is 19.3. The normalized spacial score (nSPS) is 11.9. The minimum absolute atomic E-state index is 0.253. The van der Waals surface area contributed by atoms with Gasteiger partial charge in [-0.3, -0.25) is 14.2 Å². The Bertz CT molecular complexity index is 1540. The van der Waals surface area contributed by atoms with E-state index in [1.807, 2.05) is 38.1 Å². The predicted molar refractivity (Wildman–Crippen MR) is 157 cm³/mol. The number of fused-ring (bicyclic) bond motifs is 1. The fourth-order valence-electron chi connectivity index (χ4n) is 4.58. The van der Waals surface area contributed by atoms with Crippen molar-refractivity contribution in [2.45, 2.75) is 31.1 Å². The molecule has 1 atom stereocenters. The van der Waals surface area contributed by atoms with Gasteiger partial charge < -0.3 is 19.1 Å². The molecule has 1 unspecified atom stereocenters. The number of para-hydroxylation sites is 1. The van der Waals surface area contributed by atoms with Crippen LogP contribution in [0, 0.1) is 0 Å². The Labute approximate surface area is 243 Å². The molecule has 0 aliphatic rings. The molecular formula is C30H31Cl2N3O5. The Balaban J connectivity index is 1.79. The SMILES string of the molecule is CCOc1ccc(-n2c(C(C)N(CCc3ccc(OC)c(OC)c3)C(=O)C(Cl)Cl)nc3ccccc3c2=O)cc1. The van der Waals surface area contributed by atoms with Gasteiger partial charge in [-0.25, -0.2) is 4.98 Å². The van der Waals surface area contributed by atoms with Gasteiger partial charge in [-0.05, 0) is 74.4 Å². The zero-order valence-corrected chi connectivity index (χ0v) is 24.3. The molecule has 0 aliphatic carbocycles. The van der Waals surface area contributed by atoms with Crippen LogP contribution in [0.3, 0.4) is 0 Å². The van der Waals surface area contributed by atoms with Gasteiger partial charge in [0.05, 0.1) is 43.5 Å². The minimum atomic E-state index is -1.29. The van der Waals surface area contributed by atoms with Gasteiger partial charge in [0.15, 0.2) is 16.3 Å². The molecule has 210 valence electrons. The van der Waals surface area contributed by atoms with Gasteiger partial charge in [0.2, 0.25) is 0 Å². The second-order valence-electron chi connectivity index (χ2n) is 9.00. The Hall–Kier alpha value is -3.75. The van der Waals surface area contributed by atoms with E-state index in [1.165, 1.54) is 4.57 Å². The molecule has 0 saturated heterocycles. The lowest BCUT2D eigenvalue weighted by Crippen LogP contribution is -2.41. The molecule has 0 radical (unpaired) electrons. The van der Waals surface area contributed by atoms with Crippen LogP contribution in [0.2, 0.25) is 0 Å². The molecule has 4 rings (SSSR count). The third-order valence-electron chi connectivity index (χ3n) is 6.61. The lowest BCUT2D eigenvalue weighted by Gasteiger charge is -2.31. The van der Waals surface area contributed by atoms with Crippen molar-refractivity contribution in [2.75, 3.05) is 27.4 Å². The second kappa shape index (κ2) is 13.1. The predicted octanol–water partition coefficient (Wildman–Crippen LogP) is 5.74. The zero-order chi connectivity index (χ0) is 28.8. The third-order valence-corrected chi connectivity index (χ3v) is 6.98. The first-order valence-electron chi connectivity index (χ1n) is 12.8. The van der Waals surface area contributed by atoms with Gasteiger partial charge in [0.25, 0.3) is 11.5 Å². The summed E-state index contributed by atoms with van der Waals surface area (Å²) < 4.78 is 17.9. The average Bonchev–Trinajstić information content (AvgIpc) is 2.97. The smallest absolute Gasteiger partial charge is 0.266 e. The van der Waals surface area contributed by atoms with E-state index in [1.54, 1.807) is 61.6 Å². The molecule has 1 amide bonds. The van der Waals surface area contributed by atoms with Crippen molar-refractivity contribution in [1.29, 1.82) is 0 Å². The number of hydrogen-bond acceptors (Lipinski definition) is 6. The maximum Gasteiger partial charge on any atom is 0.266 e. The number of nitrogens with zero attached hydrogens (tertiary/aromatic N) is 3. The third kappa shape index (κ3) is 6.18. The highest BCUT2D eigenvalue weighted by atomic mass is 35.5. The number of carbonyl (C=O) groups is 1. The molecule has 1 aromatic heterocycles. The van der Waals surface area contributed by atoms with Crippen LogP contribution in [0.4, 0.5) is 0 Å². The number of benzene rings is 3. The molecule has 3 aromatic carbocycles. The quantitative estimate of drug-likeness (QED) is 0.209. The van der Waals surface area contributed by atoms with E-state index in [9.17, 15) is 9.59 Å². The molecular weight excluding hydrogens is 553 g/mol. The van der Waals surface area contributed by atoms with Crippen molar-refractivity contribution in [1.82, 2.24) is 14.5 Å². The van der Waals surface area contributed by atoms with Gasteiger partial charge in [0.1, 0.15) is 11.6 Å². The van der Waals surface area contributed by atoms with Crippen molar-refractivity contribution in [2.24, 2.45) is 0 Å². The Kier molecular flexibility index (Phi) is 9.55. The number of rotatable bonds is 11. The standard InChI is InChI=1S/C30H31Cl2N3O5/c1-5-40-22-13-11-21(12-14-22)35-28(33-24-9-7-6-8-23(24)29(35)36)19(2)34(30(37)27(31)32)17-16-20-10-15-25(38-3)26(18-20)39-4/h6-15,18-19,27H,5,16-17H2,1-4H3. The Morgan fingerprint density at radius 1 is 1.00 bits per heavy atom. The van der Waals surface area contributed by atoms with E-state index in [4.69, 9.17) is 42.4 Å². The van der Waals surface area contributed by atoms with E-state index < -0.39 is 16.8 Å². The van der Waals surface area contributed by atoms with Gasteiger partial charge in [-0.1, -0.05) is 41.4 Å². The van der Waals surface area contributed by atoms with Crippen LogP contribution in [0.1, 0.15) is 31.3 Å². The van der Waals surface area contributed by atoms with Crippen LogP contribution in [-0.4, -0.2) is 52.6 Å². The Morgan fingerprint density at radius 3 is 2.35 bits per heavy atom. The monoisotopic (exact) mass is 583 g/mol. The highest BCUT2D eigenvalue weighted by Gasteiger charge is 2.30. The average molecular weight is 585 g/mol. The van der Waals surface area contributed by atoms with E-state index in [2.05, 4.69) is 0 Å². The lowest BCUT2D eigenvalue weighted by molar-refractivity contribution is -0.131. The van der Waals surface area contributed by atoms with Crippen LogP contribution < -0.4 is 19.8 Å². The summed E-state index contributed by atoms with van der Waals surface area (Å²) in [4.78, 5) is 32.2. The summed E-state index contributed by atoms with van der Waals surface area (Å²) in [5, 5.41) is 0.461. The second-order valence-corrected chi connectivity index (χ2v) is 10.1. The fourth-order valence-corrected chi connectivity index (χ4v) is 4.83. The zero-order valence-electron chi connectivity index (χ0n) is 22.8. The summed E-state index contributed by atoms with van der Waals surface area (Å²) in [7, 11) is 3.14. The number of methoxy groups -OCH3 is 2. The summed E-state index contributed by atoms with van der Waals surface area (Å²) in [5.74, 6) is 1.76. The number of aromatic nitrogens is 2. The lowest BCUT2D eigenvalue weighted by atomic mass is 10.1. The maximum atomic E-state index is 13.8. The van der Waals surface area contributed by atoms with Crippen molar-refractivity contribution in [3.63, 3.8) is 0 Å². The highest BCUT2D eigenvalue weighted by Crippen LogP contribution is 2.29. The number of halogens is 2. The van der Waals surface area contributed by atoms with Crippen molar-refractivity contribution < 1.29 is 19.0 Å².